The van der Waals surface area contributed by atoms with Crippen molar-refractivity contribution in [3.05, 3.63) is 29.8 Å². The maximum atomic E-state index is 12.4. The molecule has 30 heavy (non-hydrogen) atoms. The van der Waals surface area contributed by atoms with Crippen LogP contribution in [-0.2, 0) is 38.1 Å². The summed E-state index contributed by atoms with van der Waals surface area (Å²) in [5.41, 5.74) is -1.39. The van der Waals surface area contributed by atoms with Gasteiger partial charge in [0.25, 0.3) is 0 Å². The van der Waals surface area contributed by atoms with Crippen LogP contribution in [0.3, 0.4) is 0 Å². The molecule has 0 bridgehead atoms. The van der Waals surface area contributed by atoms with Gasteiger partial charge in [0.2, 0.25) is 11.7 Å². The Balaban J connectivity index is 2.26. The van der Waals surface area contributed by atoms with E-state index in [4.69, 9.17) is 18.9 Å². The normalized spacial score (nSPS) is 21.3. The van der Waals surface area contributed by atoms with Crippen LogP contribution < -0.4 is 4.74 Å². The summed E-state index contributed by atoms with van der Waals surface area (Å²) in [4.78, 5) is 48.6. The number of hydrogen-bond acceptors (Lipinski definition) is 10. The van der Waals surface area contributed by atoms with Crippen LogP contribution in [0.25, 0.3) is 6.08 Å². The summed E-state index contributed by atoms with van der Waals surface area (Å²) in [5.74, 6) is -3.33. The minimum Gasteiger partial charge on any atom is -0.504 e. The van der Waals surface area contributed by atoms with E-state index in [1.165, 1.54) is 31.4 Å². The highest BCUT2D eigenvalue weighted by atomic mass is 16.6. The molecule has 0 amide bonds. The molecule has 2 rings (SSSR count). The van der Waals surface area contributed by atoms with E-state index < -0.39 is 42.0 Å². The van der Waals surface area contributed by atoms with E-state index in [-0.39, 0.29) is 24.3 Å². The number of ether oxygens (including phenoxy) is 5. The lowest BCUT2D eigenvalue weighted by atomic mass is 9.91. The predicted molar refractivity (Wildman–Crippen MR) is 100 cm³/mol. The molecule has 1 heterocycles. The van der Waals surface area contributed by atoms with Crippen LogP contribution in [0.5, 0.6) is 11.5 Å². The molecule has 0 spiro atoms. The molecule has 0 aromatic heterocycles. The number of phenols is 1. The van der Waals surface area contributed by atoms with Gasteiger partial charge in [0, 0.05) is 25.3 Å². The van der Waals surface area contributed by atoms with Crippen molar-refractivity contribution in [2.45, 2.75) is 31.0 Å². The fraction of sp³-hybridized carbons (Fsp3) is 0.400. The lowest BCUT2D eigenvalue weighted by Crippen LogP contribution is -2.47. The molecule has 0 aliphatic carbocycles. The highest BCUT2D eigenvalue weighted by Gasteiger charge is 2.50. The minimum atomic E-state index is -1.91. The van der Waals surface area contributed by atoms with Crippen molar-refractivity contribution in [2.75, 3.05) is 21.3 Å². The Kier molecular flexibility index (Phi) is 7.40. The molecule has 2 atom stereocenters. The summed E-state index contributed by atoms with van der Waals surface area (Å²) in [5, 5.41) is 9.62. The second kappa shape index (κ2) is 9.77. The molecule has 10 nitrogen and oxygen atoms in total. The van der Waals surface area contributed by atoms with E-state index in [9.17, 15) is 24.3 Å². The molecule has 1 aromatic carbocycles. The molecule has 2 unspecified atom stereocenters. The van der Waals surface area contributed by atoms with Gasteiger partial charge in [-0.2, -0.15) is 0 Å². The lowest BCUT2D eigenvalue weighted by Gasteiger charge is -2.29. The minimum absolute atomic E-state index is 0.0705. The van der Waals surface area contributed by atoms with Gasteiger partial charge in [0.15, 0.2) is 11.5 Å². The van der Waals surface area contributed by atoms with Gasteiger partial charge in [0.05, 0.1) is 21.3 Å². The number of methoxy groups -OCH3 is 3. The van der Waals surface area contributed by atoms with E-state index in [1.54, 1.807) is 0 Å². The number of esters is 4. The molecule has 1 aliphatic heterocycles. The number of phenolic OH excluding ortho intramolecular Hbond substituents is 1. The van der Waals surface area contributed by atoms with Gasteiger partial charge in [-0.15, -0.1) is 0 Å². The number of rotatable bonds is 6. The molecule has 0 radical (unpaired) electrons. The highest BCUT2D eigenvalue weighted by molar-refractivity contribution is 5.92. The molecule has 1 aromatic rings. The Bertz CT molecular complexity index is 859. The number of cyclic esters (lactones) is 1. The van der Waals surface area contributed by atoms with Gasteiger partial charge in [-0.05, 0) is 23.8 Å². The third-order valence-electron chi connectivity index (χ3n) is 4.45. The molecule has 10 heteroatoms. The number of carbonyl (C=O) groups excluding carboxylic acids is 4. The first-order chi connectivity index (χ1) is 14.2. The molecule has 162 valence electrons. The molecule has 1 fully saturated rings. The summed E-state index contributed by atoms with van der Waals surface area (Å²) in [6.45, 7) is 0. The highest BCUT2D eigenvalue weighted by Crippen LogP contribution is 2.32. The fourth-order valence-corrected chi connectivity index (χ4v) is 2.92. The van der Waals surface area contributed by atoms with Gasteiger partial charge in [-0.3, -0.25) is 4.79 Å². The predicted octanol–water partition coefficient (Wildman–Crippen LogP) is 1.14. The zero-order chi connectivity index (χ0) is 22.3. The van der Waals surface area contributed by atoms with Gasteiger partial charge < -0.3 is 28.8 Å². The zero-order valence-electron chi connectivity index (χ0n) is 16.7. The Morgan fingerprint density at radius 3 is 2.57 bits per heavy atom. The van der Waals surface area contributed by atoms with Crippen molar-refractivity contribution in [2.24, 2.45) is 0 Å². The van der Waals surface area contributed by atoms with E-state index in [0.29, 0.717) is 5.56 Å². The Hall–Kier alpha value is -3.56. The summed E-state index contributed by atoms with van der Waals surface area (Å²) in [7, 11) is 3.57. The first kappa shape index (κ1) is 22.7. The summed E-state index contributed by atoms with van der Waals surface area (Å²) in [6.07, 6.45) is 0.0722. The van der Waals surface area contributed by atoms with E-state index >= 15 is 0 Å². The van der Waals surface area contributed by atoms with Crippen molar-refractivity contribution in [3.63, 3.8) is 0 Å². The van der Waals surface area contributed by atoms with Crippen molar-refractivity contribution in [3.8, 4) is 11.5 Å². The van der Waals surface area contributed by atoms with Gasteiger partial charge in [-0.25, -0.2) is 14.4 Å². The van der Waals surface area contributed by atoms with Crippen LogP contribution in [0, 0.1) is 0 Å². The Morgan fingerprint density at radius 1 is 1.20 bits per heavy atom. The third kappa shape index (κ3) is 5.28. The van der Waals surface area contributed by atoms with E-state index in [2.05, 4.69) is 4.74 Å². The second-order valence-corrected chi connectivity index (χ2v) is 6.38. The van der Waals surface area contributed by atoms with Crippen molar-refractivity contribution in [1.82, 2.24) is 0 Å². The average Bonchev–Trinajstić information content (AvgIpc) is 2.91. The second-order valence-electron chi connectivity index (χ2n) is 6.38. The van der Waals surface area contributed by atoms with Crippen LogP contribution in [0.15, 0.2) is 24.3 Å². The van der Waals surface area contributed by atoms with Crippen LogP contribution in [0.4, 0.5) is 0 Å². The topological polar surface area (TPSA) is 135 Å². The Labute approximate surface area is 172 Å². The first-order valence-corrected chi connectivity index (χ1v) is 8.88. The Morgan fingerprint density at radius 2 is 1.93 bits per heavy atom. The van der Waals surface area contributed by atoms with Gasteiger partial charge in [0.1, 0.15) is 0 Å². The maximum absolute atomic E-state index is 12.4. The number of benzene rings is 1. The standard InChI is InChI=1S/C20H22O10/c1-26-14-10-12(4-6-13(14)21)5-7-17(23)30-20(19(25)28-3)9-8-16(22)29-15(11-20)18(24)27-2/h4-7,10,15,21H,8-9,11H2,1-3H3. The molecule has 1 aliphatic rings. The quantitative estimate of drug-likeness (QED) is 0.404. The summed E-state index contributed by atoms with van der Waals surface area (Å²) < 4.78 is 24.7. The zero-order valence-corrected chi connectivity index (χ0v) is 16.7. The summed E-state index contributed by atoms with van der Waals surface area (Å²) >= 11 is 0. The largest absolute Gasteiger partial charge is 0.504 e. The smallest absolute Gasteiger partial charge is 0.350 e. The molecular formula is C20H22O10. The van der Waals surface area contributed by atoms with E-state index in [1.807, 2.05) is 0 Å². The number of hydrogen-bond donors (Lipinski definition) is 1. The maximum Gasteiger partial charge on any atom is 0.350 e. The molecule has 1 saturated heterocycles. The fourth-order valence-electron chi connectivity index (χ4n) is 2.92. The van der Waals surface area contributed by atoms with Gasteiger partial charge >= 0.3 is 23.9 Å². The van der Waals surface area contributed by atoms with Crippen LogP contribution in [0.1, 0.15) is 24.8 Å². The monoisotopic (exact) mass is 422 g/mol. The van der Waals surface area contributed by atoms with Crippen molar-refractivity contribution in [1.29, 1.82) is 0 Å². The van der Waals surface area contributed by atoms with Crippen LogP contribution >= 0.6 is 0 Å². The SMILES string of the molecule is COC(=O)C1CC(OC(=O)C=Cc2ccc(O)c(OC)c2)(C(=O)OC)CCC(=O)O1. The van der Waals surface area contributed by atoms with Crippen LogP contribution in [-0.4, -0.2) is 62.0 Å². The first-order valence-electron chi connectivity index (χ1n) is 8.88. The number of carbonyl (C=O) groups is 4. The number of aromatic hydroxyl groups is 1. The molecule has 0 saturated carbocycles. The summed E-state index contributed by atoms with van der Waals surface area (Å²) in [6, 6.07) is 4.40. The third-order valence-corrected chi connectivity index (χ3v) is 4.45. The van der Waals surface area contributed by atoms with E-state index in [0.717, 1.165) is 20.3 Å². The van der Waals surface area contributed by atoms with Crippen molar-refractivity contribution >= 4 is 30.0 Å². The average molecular weight is 422 g/mol. The van der Waals surface area contributed by atoms with Crippen molar-refractivity contribution < 1.29 is 48.0 Å². The molecule has 1 N–H and O–H groups in total. The van der Waals surface area contributed by atoms with Crippen LogP contribution in [0.2, 0.25) is 0 Å². The lowest BCUT2D eigenvalue weighted by molar-refractivity contribution is -0.184. The van der Waals surface area contributed by atoms with Gasteiger partial charge in [-0.1, -0.05) is 6.07 Å². The molecular weight excluding hydrogens is 400 g/mol.